The van der Waals surface area contributed by atoms with Crippen LogP contribution in [0.25, 0.3) is 0 Å². The van der Waals surface area contributed by atoms with Crippen LogP contribution in [-0.4, -0.2) is 38.7 Å². The van der Waals surface area contributed by atoms with Gasteiger partial charge in [0.1, 0.15) is 6.61 Å². The van der Waals surface area contributed by atoms with Gasteiger partial charge in [-0.2, -0.15) is 0 Å². The van der Waals surface area contributed by atoms with E-state index in [1.807, 2.05) is 0 Å². The fourth-order valence-electron chi connectivity index (χ4n) is 0.811. The number of carbonyl (C=O) groups excluding carboxylic acids is 1. The first-order valence-electron chi connectivity index (χ1n) is 4.95. The largest absolute Gasteiger partial charge is 0.499 e. The Morgan fingerprint density at radius 2 is 1.94 bits per heavy atom. The summed E-state index contributed by atoms with van der Waals surface area (Å²) in [6.45, 7) is 9.99. The maximum Gasteiger partial charge on any atom is 0.332 e. The molecule has 0 saturated heterocycles. The summed E-state index contributed by atoms with van der Waals surface area (Å²) in [7, 11) is 0. The zero-order chi connectivity index (χ0) is 12.2. The molecule has 0 aliphatic heterocycles. The first kappa shape index (κ1) is 14.7. The van der Waals surface area contributed by atoms with Crippen LogP contribution in [0.1, 0.15) is 6.92 Å². The molecular weight excluding hydrogens is 212 g/mol. The van der Waals surface area contributed by atoms with Crippen molar-refractivity contribution in [3.63, 3.8) is 0 Å². The van der Waals surface area contributed by atoms with E-state index in [2.05, 4.69) is 13.2 Å². The average Bonchev–Trinajstić information content (AvgIpc) is 2.27. The lowest BCUT2D eigenvalue weighted by molar-refractivity contribution is -0.171. The Morgan fingerprint density at radius 1 is 1.25 bits per heavy atom. The second kappa shape index (κ2) is 10.2. The van der Waals surface area contributed by atoms with E-state index in [0.29, 0.717) is 26.4 Å². The van der Waals surface area contributed by atoms with Gasteiger partial charge in [-0.25, -0.2) is 4.79 Å². The zero-order valence-electron chi connectivity index (χ0n) is 9.52. The summed E-state index contributed by atoms with van der Waals surface area (Å²) in [6, 6.07) is 0. The van der Waals surface area contributed by atoms with Crippen LogP contribution in [-0.2, 0) is 23.7 Å². The molecule has 0 heterocycles. The third-order valence-electron chi connectivity index (χ3n) is 1.49. The monoisotopic (exact) mass is 230 g/mol. The van der Waals surface area contributed by atoms with Crippen molar-refractivity contribution in [3.05, 3.63) is 25.5 Å². The van der Waals surface area contributed by atoms with Gasteiger partial charge >= 0.3 is 5.97 Å². The average molecular weight is 230 g/mol. The molecule has 0 radical (unpaired) electrons. The third kappa shape index (κ3) is 9.23. The summed E-state index contributed by atoms with van der Waals surface area (Å²) < 4.78 is 19.9. The molecule has 92 valence electrons. The molecule has 5 heteroatoms. The maximum atomic E-state index is 10.8. The molecule has 0 N–H and O–H groups in total. The van der Waals surface area contributed by atoms with Crippen LogP contribution in [0.2, 0.25) is 0 Å². The quantitative estimate of drug-likeness (QED) is 0.186. The zero-order valence-corrected chi connectivity index (χ0v) is 9.52. The van der Waals surface area contributed by atoms with Crippen molar-refractivity contribution in [2.45, 2.75) is 13.2 Å². The summed E-state index contributed by atoms with van der Waals surface area (Å²) >= 11 is 0. The molecule has 0 aromatic carbocycles. The van der Waals surface area contributed by atoms with E-state index in [1.165, 1.54) is 6.26 Å². The second-order valence-corrected chi connectivity index (χ2v) is 2.73. The Balaban J connectivity index is 3.27. The predicted molar refractivity (Wildman–Crippen MR) is 58.7 cm³/mol. The van der Waals surface area contributed by atoms with E-state index in [9.17, 15) is 4.79 Å². The molecule has 0 amide bonds. The molecule has 0 rings (SSSR count). The van der Waals surface area contributed by atoms with Crippen molar-refractivity contribution in [2.75, 3.05) is 26.4 Å². The van der Waals surface area contributed by atoms with Crippen molar-refractivity contribution in [1.82, 2.24) is 0 Å². The van der Waals surface area contributed by atoms with Crippen LogP contribution in [0.3, 0.4) is 0 Å². The van der Waals surface area contributed by atoms with Crippen LogP contribution < -0.4 is 0 Å². The molecule has 1 unspecified atom stereocenters. The van der Waals surface area contributed by atoms with Gasteiger partial charge in [-0.05, 0) is 6.92 Å². The van der Waals surface area contributed by atoms with E-state index >= 15 is 0 Å². The molecule has 0 spiro atoms. The van der Waals surface area contributed by atoms with E-state index < -0.39 is 12.3 Å². The van der Waals surface area contributed by atoms with Crippen molar-refractivity contribution >= 4 is 5.97 Å². The predicted octanol–water partition coefficient (Wildman–Crippen LogP) is 1.25. The van der Waals surface area contributed by atoms with Gasteiger partial charge in [-0.3, -0.25) is 0 Å². The van der Waals surface area contributed by atoms with Gasteiger partial charge < -0.3 is 18.9 Å². The lowest BCUT2D eigenvalue weighted by atomic mass is 10.6. The molecule has 0 aliphatic rings. The van der Waals surface area contributed by atoms with Crippen LogP contribution in [0.4, 0.5) is 0 Å². The van der Waals surface area contributed by atoms with Gasteiger partial charge in [-0.1, -0.05) is 13.2 Å². The molecule has 0 aliphatic carbocycles. The number of carbonyl (C=O) groups is 1. The first-order valence-corrected chi connectivity index (χ1v) is 4.95. The SMILES string of the molecule is C=COCCOCCOC(C)OC(=O)C=C. The van der Waals surface area contributed by atoms with Gasteiger partial charge in [0.2, 0.25) is 6.29 Å². The molecular formula is C11H18O5. The smallest absolute Gasteiger partial charge is 0.332 e. The van der Waals surface area contributed by atoms with E-state index in [-0.39, 0.29) is 0 Å². The van der Waals surface area contributed by atoms with Gasteiger partial charge in [0.15, 0.2) is 0 Å². The van der Waals surface area contributed by atoms with Gasteiger partial charge in [-0.15, -0.1) is 0 Å². The molecule has 0 fully saturated rings. The Labute approximate surface area is 95.6 Å². The molecule has 0 bridgehead atoms. The summed E-state index contributed by atoms with van der Waals surface area (Å²) in [5, 5.41) is 0. The summed E-state index contributed by atoms with van der Waals surface area (Å²) in [5.74, 6) is -0.507. The highest BCUT2D eigenvalue weighted by atomic mass is 16.7. The number of rotatable bonds is 10. The standard InChI is InChI=1S/C11H18O5/c1-4-11(12)16-10(3)15-9-8-14-7-6-13-5-2/h4-5,10H,1-2,6-9H2,3H3. The minimum atomic E-state index is -0.599. The maximum absolute atomic E-state index is 10.8. The molecule has 0 aromatic rings. The summed E-state index contributed by atoms with van der Waals surface area (Å²) in [6.07, 6.45) is 1.85. The van der Waals surface area contributed by atoms with Crippen molar-refractivity contribution < 1.29 is 23.7 Å². The lowest BCUT2D eigenvalue weighted by Gasteiger charge is -2.12. The molecule has 16 heavy (non-hydrogen) atoms. The molecule has 1 atom stereocenters. The van der Waals surface area contributed by atoms with Crippen LogP contribution in [0.15, 0.2) is 25.5 Å². The highest BCUT2D eigenvalue weighted by molar-refractivity contribution is 5.81. The minimum Gasteiger partial charge on any atom is -0.499 e. The second-order valence-electron chi connectivity index (χ2n) is 2.73. The highest BCUT2D eigenvalue weighted by Crippen LogP contribution is 1.94. The van der Waals surface area contributed by atoms with E-state index in [1.54, 1.807) is 6.92 Å². The van der Waals surface area contributed by atoms with Gasteiger partial charge in [0.05, 0.1) is 26.1 Å². The van der Waals surface area contributed by atoms with Gasteiger partial charge in [0.25, 0.3) is 0 Å². The van der Waals surface area contributed by atoms with Crippen LogP contribution >= 0.6 is 0 Å². The highest BCUT2D eigenvalue weighted by Gasteiger charge is 2.05. The minimum absolute atomic E-state index is 0.347. The fourth-order valence-corrected chi connectivity index (χ4v) is 0.811. The van der Waals surface area contributed by atoms with Crippen LogP contribution in [0.5, 0.6) is 0 Å². The Kier molecular flexibility index (Phi) is 9.35. The van der Waals surface area contributed by atoms with Crippen LogP contribution in [0, 0.1) is 0 Å². The Hall–Kier alpha value is -1.33. The topological polar surface area (TPSA) is 54.0 Å². The van der Waals surface area contributed by atoms with Crippen molar-refractivity contribution in [3.8, 4) is 0 Å². The Bertz CT molecular complexity index is 214. The van der Waals surface area contributed by atoms with Crippen molar-refractivity contribution in [1.29, 1.82) is 0 Å². The molecule has 0 saturated carbocycles. The number of esters is 1. The number of ether oxygens (including phenoxy) is 4. The lowest BCUT2D eigenvalue weighted by Crippen LogP contribution is -2.19. The van der Waals surface area contributed by atoms with E-state index in [0.717, 1.165) is 6.08 Å². The Morgan fingerprint density at radius 3 is 2.56 bits per heavy atom. The first-order chi connectivity index (χ1) is 7.70. The van der Waals surface area contributed by atoms with Gasteiger partial charge in [0, 0.05) is 6.08 Å². The number of hydrogen-bond acceptors (Lipinski definition) is 5. The van der Waals surface area contributed by atoms with E-state index in [4.69, 9.17) is 18.9 Å². The summed E-state index contributed by atoms with van der Waals surface area (Å²) in [4.78, 5) is 10.8. The number of hydrogen-bond donors (Lipinski definition) is 0. The molecule has 5 nitrogen and oxygen atoms in total. The summed E-state index contributed by atoms with van der Waals surface area (Å²) in [5.41, 5.74) is 0. The third-order valence-corrected chi connectivity index (χ3v) is 1.49. The van der Waals surface area contributed by atoms with Crippen molar-refractivity contribution in [2.24, 2.45) is 0 Å². The fraction of sp³-hybridized carbons (Fsp3) is 0.545. The molecule has 0 aromatic heterocycles. The normalized spacial score (nSPS) is 11.6.